The molecule has 0 saturated heterocycles. The summed E-state index contributed by atoms with van der Waals surface area (Å²) in [5.74, 6) is 0.388. The van der Waals surface area contributed by atoms with Crippen molar-refractivity contribution in [3.8, 4) is 6.07 Å². The summed E-state index contributed by atoms with van der Waals surface area (Å²) in [6.07, 6.45) is 0. The van der Waals surface area contributed by atoms with E-state index in [-0.39, 0.29) is 11.5 Å². The second-order valence-electron chi connectivity index (χ2n) is 6.52. The smallest absolute Gasteiger partial charge is 0.265 e. The predicted octanol–water partition coefficient (Wildman–Crippen LogP) is 3.94. The lowest BCUT2D eigenvalue weighted by atomic mass is 10.1. The Morgan fingerprint density at radius 3 is 2.69 bits per heavy atom. The molecular formula is C22H16N4O2S. The minimum atomic E-state index is -0.211. The number of aryl methyl sites for hydroxylation is 1. The van der Waals surface area contributed by atoms with Crippen molar-refractivity contribution in [2.45, 2.75) is 13.5 Å². The number of carbonyl (C=O) groups is 1. The third kappa shape index (κ3) is 3.79. The fourth-order valence-corrected chi connectivity index (χ4v) is 3.68. The van der Waals surface area contributed by atoms with E-state index in [2.05, 4.69) is 16.4 Å². The van der Waals surface area contributed by atoms with E-state index in [9.17, 15) is 9.59 Å². The second kappa shape index (κ2) is 7.70. The molecule has 2 aromatic carbocycles. The Labute approximate surface area is 170 Å². The second-order valence-corrected chi connectivity index (χ2v) is 7.47. The summed E-state index contributed by atoms with van der Waals surface area (Å²) in [7, 11) is 0. The Bertz CT molecular complexity index is 1300. The molecule has 6 nitrogen and oxygen atoms in total. The maximum atomic E-state index is 13.1. The topological polar surface area (TPSA) is 87.8 Å². The quantitative estimate of drug-likeness (QED) is 0.562. The van der Waals surface area contributed by atoms with Crippen LogP contribution in [0.15, 0.2) is 64.8 Å². The molecule has 4 rings (SSSR count). The average molecular weight is 400 g/mol. The maximum absolute atomic E-state index is 13.1. The largest absolute Gasteiger partial charge is 0.321 e. The zero-order chi connectivity index (χ0) is 20.4. The number of anilines is 1. The highest BCUT2D eigenvalue weighted by Gasteiger charge is 2.12. The van der Waals surface area contributed by atoms with Gasteiger partial charge in [0.05, 0.1) is 34.0 Å². The van der Waals surface area contributed by atoms with Crippen LogP contribution in [0.2, 0.25) is 0 Å². The SMILES string of the molecule is Cc1nc2ccc(NC(=O)c3cccs3)cc2c(=O)n1Cc1ccc(C#N)cc1. The van der Waals surface area contributed by atoms with Crippen molar-refractivity contribution < 1.29 is 4.79 Å². The molecule has 2 heterocycles. The van der Waals surface area contributed by atoms with Crippen LogP contribution >= 0.6 is 11.3 Å². The molecule has 0 fully saturated rings. The van der Waals surface area contributed by atoms with Crippen LogP contribution in [0, 0.1) is 18.3 Å². The highest BCUT2D eigenvalue weighted by molar-refractivity contribution is 7.12. The molecule has 0 aliphatic rings. The van der Waals surface area contributed by atoms with Crippen molar-refractivity contribution in [1.29, 1.82) is 5.26 Å². The number of amides is 1. The lowest BCUT2D eigenvalue weighted by molar-refractivity contribution is 0.103. The monoisotopic (exact) mass is 400 g/mol. The Morgan fingerprint density at radius 2 is 2.00 bits per heavy atom. The number of aromatic nitrogens is 2. The van der Waals surface area contributed by atoms with Crippen molar-refractivity contribution in [3.05, 3.63) is 92.2 Å². The number of benzene rings is 2. The molecular weight excluding hydrogens is 384 g/mol. The third-order valence-corrected chi connectivity index (χ3v) is 5.44. The van der Waals surface area contributed by atoms with Gasteiger partial charge in [-0.1, -0.05) is 18.2 Å². The van der Waals surface area contributed by atoms with Crippen molar-refractivity contribution in [3.63, 3.8) is 0 Å². The normalized spacial score (nSPS) is 10.6. The van der Waals surface area contributed by atoms with Crippen LogP contribution in [-0.4, -0.2) is 15.5 Å². The first-order chi connectivity index (χ1) is 14.0. The molecule has 1 N–H and O–H groups in total. The first kappa shape index (κ1) is 18.6. The van der Waals surface area contributed by atoms with Crippen molar-refractivity contribution >= 4 is 33.8 Å². The van der Waals surface area contributed by atoms with Crippen LogP contribution < -0.4 is 10.9 Å². The summed E-state index contributed by atoms with van der Waals surface area (Å²) >= 11 is 1.35. The first-order valence-electron chi connectivity index (χ1n) is 8.90. The van der Waals surface area contributed by atoms with Gasteiger partial charge in [-0.25, -0.2) is 4.98 Å². The number of rotatable bonds is 4. The highest BCUT2D eigenvalue weighted by Crippen LogP contribution is 2.18. The summed E-state index contributed by atoms with van der Waals surface area (Å²) in [4.78, 5) is 30.5. The van der Waals surface area contributed by atoms with Gasteiger partial charge in [-0.3, -0.25) is 14.2 Å². The van der Waals surface area contributed by atoms with Crippen LogP contribution in [0.25, 0.3) is 10.9 Å². The minimum absolute atomic E-state index is 0.177. The van der Waals surface area contributed by atoms with E-state index >= 15 is 0 Å². The lowest BCUT2D eigenvalue weighted by Crippen LogP contribution is -2.24. The molecule has 0 radical (unpaired) electrons. The molecule has 0 aliphatic carbocycles. The first-order valence-corrected chi connectivity index (χ1v) is 9.78. The molecule has 0 unspecified atom stereocenters. The van der Waals surface area contributed by atoms with Gasteiger partial charge in [0.25, 0.3) is 11.5 Å². The number of thiophene rings is 1. The molecule has 0 spiro atoms. The van der Waals surface area contributed by atoms with E-state index in [1.807, 2.05) is 23.6 Å². The molecule has 4 aromatic rings. The van der Waals surface area contributed by atoms with Crippen molar-refractivity contribution in [2.75, 3.05) is 5.32 Å². The van der Waals surface area contributed by atoms with E-state index in [1.54, 1.807) is 47.9 Å². The average Bonchev–Trinajstić information content (AvgIpc) is 3.27. The van der Waals surface area contributed by atoms with E-state index in [0.717, 1.165) is 5.56 Å². The molecule has 7 heteroatoms. The summed E-state index contributed by atoms with van der Waals surface area (Å²) in [5, 5.41) is 14.0. The van der Waals surface area contributed by atoms with Gasteiger partial charge < -0.3 is 5.32 Å². The molecule has 0 atom stereocenters. The molecule has 0 bridgehead atoms. The van der Waals surface area contributed by atoms with Crippen LogP contribution in [0.1, 0.15) is 26.6 Å². The van der Waals surface area contributed by atoms with Gasteiger partial charge in [0.15, 0.2) is 0 Å². The number of nitrogens with one attached hydrogen (secondary N) is 1. The van der Waals surface area contributed by atoms with Crippen molar-refractivity contribution in [2.24, 2.45) is 0 Å². The summed E-state index contributed by atoms with van der Waals surface area (Å²) in [6.45, 7) is 2.14. The van der Waals surface area contributed by atoms with Crippen LogP contribution in [-0.2, 0) is 6.54 Å². The number of fused-ring (bicyclic) bond motifs is 1. The molecule has 0 aliphatic heterocycles. The predicted molar refractivity (Wildman–Crippen MR) is 113 cm³/mol. The molecule has 0 saturated carbocycles. The van der Waals surface area contributed by atoms with Gasteiger partial charge in [0.1, 0.15) is 5.82 Å². The fraction of sp³-hybridized carbons (Fsp3) is 0.0909. The van der Waals surface area contributed by atoms with Crippen LogP contribution in [0.3, 0.4) is 0 Å². The van der Waals surface area contributed by atoms with Gasteiger partial charge >= 0.3 is 0 Å². The van der Waals surface area contributed by atoms with Crippen LogP contribution in [0.4, 0.5) is 5.69 Å². The standard InChI is InChI=1S/C22H16N4O2S/c1-14-24-19-9-8-17(25-21(27)20-3-2-10-29-20)11-18(19)22(28)26(14)13-16-6-4-15(12-23)5-7-16/h2-11H,13H2,1H3,(H,25,27). The maximum Gasteiger partial charge on any atom is 0.265 e. The van der Waals surface area contributed by atoms with Gasteiger partial charge in [0, 0.05) is 5.69 Å². The molecule has 1 amide bonds. The number of carbonyl (C=O) groups excluding carboxylic acids is 1. The van der Waals surface area contributed by atoms with Gasteiger partial charge in [-0.2, -0.15) is 5.26 Å². The Balaban J connectivity index is 1.69. The van der Waals surface area contributed by atoms with E-state index in [1.165, 1.54) is 11.3 Å². The zero-order valence-electron chi connectivity index (χ0n) is 15.5. The lowest BCUT2D eigenvalue weighted by Gasteiger charge is -2.12. The minimum Gasteiger partial charge on any atom is -0.321 e. The number of nitrogens with zero attached hydrogens (tertiary/aromatic N) is 3. The summed E-state index contributed by atoms with van der Waals surface area (Å²) in [5.41, 5.74) is 2.42. The fourth-order valence-electron chi connectivity index (χ4n) is 3.06. The third-order valence-electron chi connectivity index (χ3n) is 4.57. The zero-order valence-corrected chi connectivity index (χ0v) is 16.4. The Morgan fingerprint density at radius 1 is 1.21 bits per heavy atom. The summed E-state index contributed by atoms with van der Waals surface area (Å²) in [6, 6.07) is 17.9. The number of nitriles is 1. The molecule has 29 heavy (non-hydrogen) atoms. The van der Waals surface area contributed by atoms with Gasteiger partial charge in [0.2, 0.25) is 0 Å². The van der Waals surface area contributed by atoms with E-state index < -0.39 is 0 Å². The van der Waals surface area contributed by atoms with Crippen LogP contribution in [0.5, 0.6) is 0 Å². The van der Waals surface area contributed by atoms with E-state index in [0.29, 0.717) is 39.4 Å². The molecule has 142 valence electrons. The van der Waals surface area contributed by atoms with Gasteiger partial charge in [-0.05, 0) is 54.3 Å². The highest BCUT2D eigenvalue weighted by atomic mass is 32.1. The Hall–Kier alpha value is -3.76. The number of hydrogen-bond donors (Lipinski definition) is 1. The van der Waals surface area contributed by atoms with E-state index in [4.69, 9.17) is 5.26 Å². The summed E-state index contributed by atoms with van der Waals surface area (Å²) < 4.78 is 1.59. The van der Waals surface area contributed by atoms with Gasteiger partial charge in [-0.15, -0.1) is 11.3 Å². The molecule has 2 aromatic heterocycles. The van der Waals surface area contributed by atoms with Crippen molar-refractivity contribution in [1.82, 2.24) is 9.55 Å². The number of hydrogen-bond acceptors (Lipinski definition) is 5. The Kier molecular flexibility index (Phi) is 4.94.